The Kier molecular flexibility index (Phi) is 5.91. The van der Waals surface area contributed by atoms with Crippen LogP contribution in [0, 0.1) is 41.8 Å². The normalized spacial score (nSPS) is 10.7. The summed E-state index contributed by atoms with van der Waals surface area (Å²) in [6, 6.07) is 1.81. The zero-order valence-electron chi connectivity index (χ0n) is 13.6. The monoisotopic (exact) mass is 449 g/mol. The largest absolute Gasteiger partial charge is 0.493 e. The van der Waals surface area contributed by atoms with Crippen molar-refractivity contribution in [1.82, 2.24) is 9.78 Å². The van der Waals surface area contributed by atoms with Crippen LogP contribution in [0.3, 0.4) is 0 Å². The molecule has 1 radical (unpaired) electrons. The molecule has 0 spiro atoms. The minimum Gasteiger partial charge on any atom is -0.493 e. The minimum atomic E-state index is -1.86. The van der Waals surface area contributed by atoms with Crippen LogP contribution in [0.4, 0.5) is 26.3 Å². The van der Waals surface area contributed by atoms with Gasteiger partial charge < -0.3 is 5.11 Å². The summed E-state index contributed by atoms with van der Waals surface area (Å²) in [6.07, 6.45) is 0. The molecule has 0 amide bonds. The van der Waals surface area contributed by atoms with Crippen LogP contribution >= 0.6 is 0 Å². The molecule has 151 valence electrons. The molecule has 0 fully saturated rings. The predicted octanol–water partition coefficient (Wildman–Crippen LogP) is 3.95. The van der Waals surface area contributed by atoms with Crippen molar-refractivity contribution >= 4 is 5.78 Å². The van der Waals surface area contributed by atoms with E-state index in [1.165, 1.54) is 0 Å². The number of rotatable bonds is 3. The number of hydrogen-bond acceptors (Lipinski definition) is 3. The number of aromatic nitrogens is 2. The van der Waals surface area contributed by atoms with E-state index in [9.17, 15) is 36.2 Å². The van der Waals surface area contributed by atoms with Crippen LogP contribution in [-0.2, 0) is 17.1 Å². The molecule has 2 aromatic carbocycles. The SMILES string of the molecule is Cc1nn(-c2c(F)c(F)cc(F)c2F)c(O)c1C(=O)c1cc(F)cc(F)c1.[Cu]. The van der Waals surface area contributed by atoms with Crippen molar-refractivity contribution in [2.24, 2.45) is 0 Å². The second-order valence-electron chi connectivity index (χ2n) is 5.50. The van der Waals surface area contributed by atoms with Gasteiger partial charge in [0.05, 0.1) is 5.69 Å². The number of ketones is 1. The van der Waals surface area contributed by atoms with Gasteiger partial charge in [0.2, 0.25) is 11.7 Å². The van der Waals surface area contributed by atoms with Gasteiger partial charge in [-0.05, 0) is 19.1 Å². The van der Waals surface area contributed by atoms with Crippen LogP contribution < -0.4 is 0 Å². The standard InChI is InChI=1S/C17H8F6N2O2.Cu/c1-6-12(16(26)7-2-8(18)4-9(19)3-7)17(27)25(24-6)15-13(22)10(20)5-11(21)14(15)23;/h2-5,27H,1H3;. The van der Waals surface area contributed by atoms with E-state index in [-0.39, 0.29) is 33.5 Å². The molecule has 1 heterocycles. The number of benzene rings is 2. The Labute approximate surface area is 163 Å². The first kappa shape index (κ1) is 21.5. The molecule has 0 aliphatic rings. The fourth-order valence-corrected chi connectivity index (χ4v) is 2.51. The third kappa shape index (κ3) is 3.50. The van der Waals surface area contributed by atoms with E-state index in [4.69, 9.17) is 0 Å². The molecular formula is C17H8CuF6N2O2. The van der Waals surface area contributed by atoms with E-state index in [1.54, 1.807) is 0 Å². The Morgan fingerprint density at radius 1 is 0.929 bits per heavy atom. The van der Waals surface area contributed by atoms with E-state index in [1.807, 2.05) is 0 Å². The summed E-state index contributed by atoms with van der Waals surface area (Å²) in [7, 11) is 0. The van der Waals surface area contributed by atoms with Crippen LogP contribution in [-0.4, -0.2) is 20.7 Å². The summed E-state index contributed by atoms with van der Waals surface area (Å²) >= 11 is 0. The Hall–Kier alpha value is -2.78. The van der Waals surface area contributed by atoms with Crippen LogP contribution in [0.25, 0.3) is 5.69 Å². The molecule has 11 heteroatoms. The van der Waals surface area contributed by atoms with Crippen molar-refractivity contribution in [2.75, 3.05) is 0 Å². The zero-order chi connectivity index (χ0) is 20.0. The maximum absolute atomic E-state index is 13.9. The summed E-state index contributed by atoms with van der Waals surface area (Å²) in [5.41, 5.74) is -2.86. The molecule has 1 aromatic heterocycles. The fraction of sp³-hybridized carbons (Fsp3) is 0.0588. The first-order valence-electron chi connectivity index (χ1n) is 7.24. The number of nitrogens with zero attached hydrogens (tertiary/aromatic N) is 2. The topological polar surface area (TPSA) is 55.1 Å². The van der Waals surface area contributed by atoms with Gasteiger partial charge in [-0.3, -0.25) is 4.79 Å². The van der Waals surface area contributed by atoms with E-state index in [0.29, 0.717) is 18.2 Å². The summed E-state index contributed by atoms with van der Waals surface area (Å²) < 4.78 is 81.4. The quantitative estimate of drug-likeness (QED) is 0.285. The minimum absolute atomic E-state index is 0. The van der Waals surface area contributed by atoms with Crippen molar-refractivity contribution in [3.63, 3.8) is 0 Å². The summed E-state index contributed by atoms with van der Waals surface area (Å²) in [6.45, 7) is 1.14. The van der Waals surface area contributed by atoms with Crippen LogP contribution in [0.1, 0.15) is 21.6 Å². The van der Waals surface area contributed by atoms with Crippen molar-refractivity contribution in [1.29, 1.82) is 0 Å². The van der Waals surface area contributed by atoms with Crippen molar-refractivity contribution in [3.05, 3.63) is 76.0 Å². The van der Waals surface area contributed by atoms with Crippen LogP contribution in [0.2, 0.25) is 0 Å². The molecule has 0 aliphatic heterocycles. The Morgan fingerprint density at radius 2 is 1.43 bits per heavy atom. The van der Waals surface area contributed by atoms with Gasteiger partial charge in [0.25, 0.3) is 0 Å². The molecule has 0 aliphatic carbocycles. The first-order chi connectivity index (χ1) is 12.6. The smallest absolute Gasteiger partial charge is 0.226 e. The molecule has 0 atom stereocenters. The molecule has 0 unspecified atom stereocenters. The summed E-state index contributed by atoms with van der Waals surface area (Å²) in [5.74, 6) is -11.7. The number of aromatic hydroxyl groups is 1. The van der Waals surface area contributed by atoms with Crippen molar-refractivity contribution in [2.45, 2.75) is 6.92 Å². The summed E-state index contributed by atoms with van der Waals surface area (Å²) in [4.78, 5) is 12.5. The maximum atomic E-state index is 13.9. The van der Waals surface area contributed by atoms with Gasteiger partial charge in [0, 0.05) is 34.8 Å². The van der Waals surface area contributed by atoms with Crippen molar-refractivity contribution in [3.8, 4) is 11.6 Å². The fourth-order valence-electron chi connectivity index (χ4n) is 2.51. The van der Waals surface area contributed by atoms with Gasteiger partial charge >= 0.3 is 0 Å². The number of halogens is 6. The van der Waals surface area contributed by atoms with Gasteiger partial charge in [-0.1, -0.05) is 0 Å². The molecule has 1 N–H and O–H groups in total. The summed E-state index contributed by atoms with van der Waals surface area (Å²) in [5, 5.41) is 13.7. The molecule has 0 bridgehead atoms. The van der Waals surface area contributed by atoms with Crippen LogP contribution in [0.5, 0.6) is 5.88 Å². The number of carbonyl (C=O) groups is 1. The Balaban J connectivity index is 0.00000280. The molecule has 0 saturated heterocycles. The third-order valence-electron chi connectivity index (χ3n) is 3.69. The van der Waals surface area contributed by atoms with E-state index < -0.39 is 63.4 Å². The third-order valence-corrected chi connectivity index (χ3v) is 3.69. The second kappa shape index (κ2) is 7.69. The van der Waals surface area contributed by atoms with Crippen LogP contribution in [0.15, 0.2) is 24.3 Å². The van der Waals surface area contributed by atoms with Gasteiger partial charge in [-0.15, -0.1) is 0 Å². The number of aryl methyl sites for hydroxylation is 1. The average Bonchev–Trinajstić information content (AvgIpc) is 2.86. The zero-order valence-corrected chi connectivity index (χ0v) is 14.6. The van der Waals surface area contributed by atoms with Gasteiger partial charge in [-0.25, -0.2) is 26.3 Å². The van der Waals surface area contributed by atoms with Gasteiger partial charge in [0.15, 0.2) is 23.3 Å². The maximum Gasteiger partial charge on any atom is 0.226 e. The Morgan fingerprint density at radius 3 is 1.93 bits per heavy atom. The number of carbonyl (C=O) groups excluding carboxylic acids is 1. The molecule has 0 saturated carbocycles. The molecular weight excluding hydrogens is 442 g/mol. The van der Waals surface area contributed by atoms with Crippen molar-refractivity contribution < 1.29 is 53.3 Å². The average molecular weight is 450 g/mol. The van der Waals surface area contributed by atoms with Gasteiger partial charge in [0.1, 0.15) is 22.9 Å². The van der Waals surface area contributed by atoms with E-state index in [0.717, 1.165) is 6.92 Å². The molecule has 4 nitrogen and oxygen atoms in total. The van der Waals surface area contributed by atoms with Gasteiger partial charge in [-0.2, -0.15) is 9.78 Å². The predicted molar refractivity (Wildman–Crippen MR) is 79.6 cm³/mol. The van der Waals surface area contributed by atoms with E-state index >= 15 is 0 Å². The number of hydrogen-bond donors (Lipinski definition) is 1. The molecule has 28 heavy (non-hydrogen) atoms. The first-order valence-corrected chi connectivity index (χ1v) is 7.24. The molecule has 3 rings (SSSR count). The van der Waals surface area contributed by atoms with E-state index in [2.05, 4.69) is 5.10 Å². The second-order valence-corrected chi connectivity index (χ2v) is 5.50. The molecule has 3 aromatic rings. The Bertz CT molecular complexity index is 1050.